The fourth-order valence-corrected chi connectivity index (χ4v) is 2.79. The van der Waals surface area contributed by atoms with Crippen LogP contribution in [0.25, 0.3) is 0 Å². The van der Waals surface area contributed by atoms with Crippen molar-refractivity contribution < 1.29 is 13.2 Å². The quantitative estimate of drug-likeness (QED) is 0.634. The molecule has 1 amide bonds. The van der Waals surface area contributed by atoms with E-state index >= 15 is 0 Å². The maximum absolute atomic E-state index is 12.0. The van der Waals surface area contributed by atoms with Gasteiger partial charge in [0.05, 0.1) is 12.2 Å². The first-order valence-electron chi connectivity index (χ1n) is 8.12. The minimum absolute atomic E-state index is 0.0575. The van der Waals surface area contributed by atoms with E-state index < -0.39 is 10.2 Å². The normalized spacial score (nSPS) is 11.7. The molecule has 9 nitrogen and oxygen atoms in total. The van der Waals surface area contributed by atoms with Gasteiger partial charge in [0.2, 0.25) is 5.91 Å². The third kappa shape index (κ3) is 5.90. The minimum Gasteiger partial charge on any atom is -0.352 e. The summed E-state index contributed by atoms with van der Waals surface area (Å²) < 4.78 is 28.7. The van der Waals surface area contributed by atoms with E-state index in [0.29, 0.717) is 25.1 Å². The van der Waals surface area contributed by atoms with Gasteiger partial charge >= 0.3 is 0 Å². The molecule has 2 N–H and O–H groups in total. The monoisotopic (exact) mass is 380 g/mol. The summed E-state index contributed by atoms with van der Waals surface area (Å²) in [7, 11) is 1.25. The summed E-state index contributed by atoms with van der Waals surface area (Å²) in [5.41, 5.74) is 2.43. The molecule has 0 aliphatic carbocycles. The van der Waals surface area contributed by atoms with Crippen molar-refractivity contribution >= 4 is 16.1 Å². The lowest BCUT2D eigenvalue weighted by Crippen LogP contribution is -2.35. The first-order valence-corrected chi connectivity index (χ1v) is 9.56. The number of carbonyl (C=O) groups excluding carboxylic acids is 1. The van der Waals surface area contributed by atoms with Gasteiger partial charge < -0.3 is 5.32 Å². The molecule has 142 valence electrons. The number of hydrogen-bond donors (Lipinski definition) is 2. The Hall–Kier alpha value is -2.30. The summed E-state index contributed by atoms with van der Waals surface area (Å²) in [6.45, 7) is 0.447. The largest absolute Gasteiger partial charge is 0.352 e. The summed E-state index contributed by atoms with van der Waals surface area (Å²) in [5, 5.41) is 6.92. The molecule has 0 saturated heterocycles. The Bertz CT molecular complexity index is 847. The van der Waals surface area contributed by atoms with Crippen LogP contribution in [0.2, 0.25) is 0 Å². The molecule has 0 aliphatic heterocycles. The van der Waals surface area contributed by atoms with Crippen molar-refractivity contribution in [2.24, 2.45) is 7.05 Å². The van der Waals surface area contributed by atoms with E-state index in [1.165, 1.54) is 14.1 Å². The van der Waals surface area contributed by atoms with Gasteiger partial charge in [0.25, 0.3) is 10.2 Å². The fourth-order valence-electron chi connectivity index (χ4n) is 2.21. The molecule has 2 rings (SSSR count). The summed E-state index contributed by atoms with van der Waals surface area (Å²) in [4.78, 5) is 16.1. The Morgan fingerprint density at radius 2 is 2.00 bits per heavy atom. The topological polar surface area (TPSA) is 109 Å². The van der Waals surface area contributed by atoms with Crippen LogP contribution in [0.3, 0.4) is 0 Å². The number of nitrogens with one attached hydrogen (secondary N) is 2. The standard InChI is InChI=1S/C16H24N6O3S/c1-21(2)26(24,25)20-12-14-10-13(6-8-17-14)11-18-16(23)5-4-15-7-9-19-22(15)3/h6-10,20H,4-5,11-12H2,1-3H3,(H,18,23). The summed E-state index contributed by atoms with van der Waals surface area (Å²) in [6.07, 6.45) is 4.29. The van der Waals surface area contributed by atoms with Crippen LogP contribution < -0.4 is 10.0 Å². The van der Waals surface area contributed by atoms with Crippen LogP contribution in [0.4, 0.5) is 0 Å². The van der Waals surface area contributed by atoms with Crippen LogP contribution in [0.5, 0.6) is 0 Å². The second kappa shape index (κ2) is 8.88. The Morgan fingerprint density at radius 3 is 2.65 bits per heavy atom. The van der Waals surface area contributed by atoms with Gasteiger partial charge in [-0.1, -0.05) is 0 Å². The highest BCUT2D eigenvalue weighted by Crippen LogP contribution is 2.04. The van der Waals surface area contributed by atoms with Crippen molar-refractivity contribution in [2.45, 2.75) is 25.9 Å². The van der Waals surface area contributed by atoms with Crippen LogP contribution in [0.1, 0.15) is 23.4 Å². The van der Waals surface area contributed by atoms with E-state index in [2.05, 4.69) is 20.1 Å². The highest BCUT2D eigenvalue weighted by molar-refractivity contribution is 7.87. The van der Waals surface area contributed by atoms with Crippen LogP contribution in [0.15, 0.2) is 30.6 Å². The smallest absolute Gasteiger partial charge is 0.279 e. The van der Waals surface area contributed by atoms with Gasteiger partial charge in [0.15, 0.2) is 0 Å². The van der Waals surface area contributed by atoms with E-state index in [1.54, 1.807) is 29.2 Å². The molecular formula is C16H24N6O3S. The zero-order valence-corrected chi connectivity index (χ0v) is 16.0. The maximum atomic E-state index is 12.0. The molecule has 0 fully saturated rings. The lowest BCUT2D eigenvalue weighted by Gasteiger charge is -2.12. The minimum atomic E-state index is -3.50. The van der Waals surface area contributed by atoms with Crippen molar-refractivity contribution in [1.82, 2.24) is 29.1 Å². The summed E-state index contributed by atoms with van der Waals surface area (Å²) >= 11 is 0. The molecule has 0 aliphatic rings. The zero-order valence-electron chi connectivity index (χ0n) is 15.1. The first kappa shape index (κ1) is 20.0. The maximum Gasteiger partial charge on any atom is 0.279 e. The molecule has 26 heavy (non-hydrogen) atoms. The predicted octanol–water partition coefficient (Wildman–Crippen LogP) is -0.0399. The van der Waals surface area contributed by atoms with Gasteiger partial charge in [-0.3, -0.25) is 14.5 Å². The predicted molar refractivity (Wildman–Crippen MR) is 97.1 cm³/mol. The van der Waals surface area contributed by atoms with E-state index in [9.17, 15) is 13.2 Å². The fraction of sp³-hybridized carbons (Fsp3) is 0.438. The molecule has 0 radical (unpaired) electrons. The molecule has 2 aromatic heterocycles. The van der Waals surface area contributed by atoms with Gasteiger partial charge in [-0.25, -0.2) is 0 Å². The molecule has 0 bridgehead atoms. The van der Waals surface area contributed by atoms with Crippen molar-refractivity contribution in [3.05, 3.63) is 47.5 Å². The average Bonchev–Trinajstić information content (AvgIpc) is 3.01. The van der Waals surface area contributed by atoms with E-state index in [1.807, 2.05) is 13.1 Å². The molecule has 0 aromatic carbocycles. The van der Waals surface area contributed by atoms with E-state index in [-0.39, 0.29) is 12.5 Å². The number of amides is 1. The first-order chi connectivity index (χ1) is 12.3. The Morgan fingerprint density at radius 1 is 1.23 bits per heavy atom. The van der Waals surface area contributed by atoms with Gasteiger partial charge in [0, 0.05) is 52.2 Å². The third-order valence-corrected chi connectivity index (χ3v) is 5.29. The van der Waals surface area contributed by atoms with Crippen molar-refractivity contribution in [3.8, 4) is 0 Å². The Balaban J connectivity index is 1.82. The SMILES string of the molecule is CN(C)S(=O)(=O)NCc1cc(CNC(=O)CCc2ccnn2C)ccn1. The third-order valence-electron chi connectivity index (χ3n) is 3.82. The number of carbonyl (C=O) groups is 1. The number of nitrogens with zero attached hydrogens (tertiary/aromatic N) is 4. The average molecular weight is 380 g/mol. The van der Waals surface area contributed by atoms with Gasteiger partial charge in [0.1, 0.15) is 0 Å². The van der Waals surface area contributed by atoms with Crippen molar-refractivity contribution in [3.63, 3.8) is 0 Å². The lowest BCUT2D eigenvalue weighted by atomic mass is 10.2. The van der Waals surface area contributed by atoms with Crippen LogP contribution in [-0.2, 0) is 41.6 Å². The van der Waals surface area contributed by atoms with E-state index in [0.717, 1.165) is 15.6 Å². The molecule has 0 spiro atoms. The molecule has 0 unspecified atom stereocenters. The van der Waals surface area contributed by atoms with Gasteiger partial charge in [-0.15, -0.1) is 0 Å². The number of pyridine rings is 1. The number of aryl methyl sites for hydroxylation is 2. The van der Waals surface area contributed by atoms with E-state index in [4.69, 9.17) is 0 Å². The zero-order chi connectivity index (χ0) is 19.2. The van der Waals surface area contributed by atoms with Crippen LogP contribution in [-0.4, -0.2) is 47.5 Å². The van der Waals surface area contributed by atoms with Gasteiger partial charge in [-0.05, 0) is 30.2 Å². The second-order valence-electron chi connectivity index (χ2n) is 5.99. The molecule has 2 aromatic rings. The highest BCUT2D eigenvalue weighted by atomic mass is 32.2. The van der Waals surface area contributed by atoms with Crippen molar-refractivity contribution in [1.29, 1.82) is 0 Å². The molecular weight excluding hydrogens is 356 g/mol. The Kier molecular flexibility index (Phi) is 6.83. The van der Waals surface area contributed by atoms with Crippen LogP contribution >= 0.6 is 0 Å². The van der Waals surface area contributed by atoms with Crippen molar-refractivity contribution in [2.75, 3.05) is 14.1 Å². The highest BCUT2D eigenvalue weighted by Gasteiger charge is 2.12. The number of aromatic nitrogens is 3. The second-order valence-corrected chi connectivity index (χ2v) is 7.96. The lowest BCUT2D eigenvalue weighted by molar-refractivity contribution is -0.121. The molecule has 0 atom stereocenters. The summed E-state index contributed by atoms with van der Waals surface area (Å²) in [6, 6.07) is 5.43. The number of rotatable bonds is 9. The summed E-state index contributed by atoms with van der Waals surface area (Å²) in [5.74, 6) is -0.0575. The number of hydrogen-bond acceptors (Lipinski definition) is 5. The van der Waals surface area contributed by atoms with Crippen LogP contribution in [0, 0.1) is 0 Å². The molecule has 2 heterocycles. The Labute approximate surface area is 153 Å². The van der Waals surface area contributed by atoms with Gasteiger partial charge in [-0.2, -0.15) is 22.5 Å². The molecule has 10 heteroatoms. The molecule has 0 saturated carbocycles.